The first-order chi connectivity index (χ1) is 10.8. The number of aryl methyl sites for hydroxylation is 4. The summed E-state index contributed by atoms with van der Waals surface area (Å²) >= 11 is 0. The number of hydrogen-bond donors (Lipinski definition) is 0. The maximum Gasteiger partial charge on any atom is 0.0692 e. The van der Waals surface area contributed by atoms with E-state index in [9.17, 15) is 0 Å². The summed E-state index contributed by atoms with van der Waals surface area (Å²) < 4.78 is 4.88. The molecule has 0 aliphatic carbocycles. The van der Waals surface area contributed by atoms with E-state index in [1.165, 1.54) is 44.3 Å². The predicted molar refractivity (Wildman–Crippen MR) is 92.3 cm³/mol. The topological polar surface area (TPSA) is 9.86 Å². The number of nitrogens with zero attached hydrogens (tertiary/aromatic N) is 2. The molecule has 0 unspecified atom stereocenters. The maximum atomic E-state index is 2.51. The van der Waals surface area contributed by atoms with Gasteiger partial charge in [-0.3, -0.25) is 0 Å². The van der Waals surface area contributed by atoms with Crippen molar-refractivity contribution >= 4 is 21.8 Å². The third-order valence-electron chi connectivity index (χ3n) is 5.25. The Balaban J connectivity index is 1.99. The zero-order valence-electron chi connectivity index (χ0n) is 12.9. The third kappa shape index (κ3) is 1.31. The molecule has 0 N–H and O–H groups in total. The molecule has 0 bridgehead atoms. The standard InChI is InChI=1S/C20H18N2/c1-13-14-7-3-6-10-18(14)22-12-11-16-15-8-4-5-9-17(15)21(2)20(16)19(13)22/h3-10H,11-12H2,1-2H3. The minimum Gasteiger partial charge on any atom is -0.342 e. The fraction of sp³-hybridized carbons (Fsp3) is 0.200. The molecule has 22 heavy (non-hydrogen) atoms. The van der Waals surface area contributed by atoms with Crippen molar-refractivity contribution in [1.29, 1.82) is 0 Å². The van der Waals surface area contributed by atoms with Crippen molar-refractivity contribution in [1.82, 2.24) is 9.13 Å². The number of benzene rings is 2. The third-order valence-corrected chi connectivity index (χ3v) is 5.25. The molecule has 0 amide bonds. The Morgan fingerprint density at radius 1 is 0.818 bits per heavy atom. The van der Waals surface area contributed by atoms with Gasteiger partial charge in [0.25, 0.3) is 0 Å². The molecule has 4 aromatic rings. The van der Waals surface area contributed by atoms with Gasteiger partial charge in [-0.05, 0) is 36.6 Å². The predicted octanol–water partition coefficient (Wildman–Crippen LogP) is 4.66. The fourth-order valence-corrected chi connectivity index (χ4v) is 4.26. The van der Waals surface area contributed by atoms with Crippen LogP contribution in [0.1, 0.15) is 11.1 Å². The Hall–Kier alpha value is -2.48. The molecule has 0 fully saturated rings. The van der Waals surface area contributed by atoms with Crippen LogP contribution >= 0.6 is 0 Å². The SMILES string of the molecule is Cc1c2n(c3ccccc13)CCc1c-2n(C)c2ccccc12. The van der Waals surface area contributed by atoms with E-state index in [1.807, 2.05) is 0 Å². The summed E-state index contributed by atoms with van der Waals surface area (Å²) in [6.07, 6.45) is 1.11. The minimum absolute atomic E-state index is 1.07. The molecular formula is C20H18N2. The van der Waals surface area contributed by atoms with Crippen LogP contribution in [-0.2, 0) is 20.0 Å². The summed E-state index contributed by atoms with van der Waals surface area (Å²) in [5, 5.41) is 2.80. The second-order valence-corrected chi connectivity index (χ2v) is 6.30. The molecule has 1 aliphatic rings. The lowest BCUT2D eigenvalue weighted by Gasteiger charge is -2.19. The van der Waals surface area contributed by atoms with Crippen LogP contribution in [0.4, 0.5) is 0 Å². The number of rotatable bonds is 0. The van der Waals surface area contributed by atoms with Crippen LogP contribution in [-0.4, -0.2) is 9.13 Å². The molecule has 0 saturated heterocycles. The first-order valence-electron chi connectivity index (χ1n) is 7.92. The molecule has 2 aromatic carbocycles. The molecule has 2 nitrogen and oxygen atoms in total. The minimum atomic E-state index is 1.07. The lowest BCUT2D eigenvalue weighted by molar-refractivity contribution is 0.701. The van der Waals surface area contributed by atoms with E-state index in [4.69, 9.17) is 0 Å². The Labute approximate surface area is 129 Å². The highest BCUT2D eigenvalue weighted by molar-refractivity contribution is 5.97. The summed E-state index contributed by atoms with van der Waals surface area (Å²) in [5.74, 6) is 0. The van der Waals surface area contributed by atoms with Gasteiger partial charge in [-0.15, -0.1) is 0 Å². The zero-order chi connectivity index (χ0) is 14.8. The Morgan fingerprint density at radius 2 is 1.50 bits per heavy atom. The highest BCUT2D eigenvalue weighted by atomic mass is 15.1. The van der Waals surface area contributed by atoms with Gasteiger partial charge in [-0.2, -0.15) is 0 Å². The zero-order valence-corrected chi connectivity index (χ0v) is 12.9. The molecule has 2 aromatic heterocycles. The van der Waals surface area contributed by atoms with Crippen molar-refractivity contribution in [3.05, 3.63) is 59.7 Å². The van der Waals surface area contributed by atoms with Gasteiger partial charge in [-0.1, -0.05) is 36.4 Å². The summed E-state index contributed by atoms with van der Waals surface area (Å²) in [5.41, 5.74) is 8.43. The van der Waals surface area contributed by atoms with Crippen LogP contribution < -0.4 is 0 Å². The second-order valence-electron chi connectivity index (χ2n) is 6.30. The van der Waals surface area contributed by atoms with Gasteiger partial charge in [0.15, 0.2) is 0 Å². The average Bonchev–Trinajstić information content (AvgIpc) is 3.02. The largest absolute Gasteiger partial charge is 0.342 e. The van der Waals surface area contributed by atoms with Crippen LogP contribution in [0.3, 0.4) is 0 Å². The maximum absolute atomic E-state index is 2.51. The molecular weight excluding hydrogens is 268 g/mol. The van der Waals surface area contributed by atoms with Crippen LogP contribution in [0.15, 0.2) is 48.5 Å². The van der Waals surface area contributed by atoms with Crippen LogP contribution in [0.2, 0.25) is 0 Å². The van der Waals surface area contributed by atoms with Crippen molar-refractivity contribution in [2.24, 2.45) is 7.05 Å². The van der Waals surface area contributed by atoms with Crippen LogP contribution in [0.5, 0.6) is 0 Å². The molecule has 0 radical (unpaired) electrons. The highest BCUT2D eigenvalue weighted by Gasteiger charge is 2.26. The smallest absolute Gasteiger partial charge is 0.0692 e. The van der Waals surface area contributed by atoms with Crippen molar-refractivity contribution in [2.75, 3.05) is 0 Å². The quantitative estimate of drug-likeness (QED) is 0.445. The monoisotopic (exact) mass is 286 g/mol. The Bertz CT molecular complexity index is 961. The number of para-hydroxylation sites is 2. The fourth-order valence-electron chi connectivity index (χ4n) is 4.26. The molecule has 0 saturated carbocycles. The number of fused-ring (bicyclic) bond motifs is 7. The molecule has 2 heteroatoms. The summed E-state index contributed by atoms with van der Waals surface area (Å²) in [7, 11) is 2.20. The summed E-state index contributed by atoms with van der Waals surface area (Å²) in [6.45, 7) is 3.34. The van der Waals surface area contributed by atoms with E-state index >= 15 is 0 Å². The van der Waals surface area contributed by atoms with E-state index < -0.39 is 0 Å². The van der Waals surface area contributed by atoms with Gasteiger partial charge >= 0.3 is 0 Å². The highest BCUT2D eigenvalue weighted by Crippen LogP contribution is 2.42. The average molecular weight is 286 g/mol. The van der Waals surface area contributed by atoms with E-state index in [0.717, 1.165) is 13.0 Å². The van der Waals surface area contributed by atoms with Gasteiger partial charge in [0.2, 0.25) is 0 Å². The van der Waals surface area contributed by atoms with E-state index in [1.54, 1.807) is 0 Å². The first-order valence-corrected chi connectivity index (χ1v) is 7.92. The van der Waals surface area contributed by atoms with Gasteiger partial charge in [0.1, 0.15) is 0 Å². The van der Waals surface area contributed by atoms with Crippen molar-refractivity contribution in [3.8, 4) is 11.4 Å². The summed E-state index contributed by atoms with van der Waals surface area (Å²) in [6, 6.07) is 17.6. The molecule has 0 atom stereocenters. The van der Waals surface area contributed by atoms with E-state index in [-0.39, 0.29) is 0 Å². The Morgan fingerprint density at radius 3 is 2.32 bits per heavy atom. The van der Waals surface area contributed by atoms with E-state index in [2.05, 4.69) is 71.6 Å². The lowest BCUT2D eigenvalue weighted by Crippen LogP contribution is -2.12. The van der Waals surface area contributed by atoms with Crippen molar-refractivity contribution in [2.45, 2.75) is 19.9 Å². The normalized spacial score (nSPS) is 13.5. The molecule has 5 rings (SSSR count). The summed E-state index contributed by atoms with van der Waals surface area (Å²) in [4.78, 5) is 0. The Kier molecular flexibility index (Phi) is 2.22. The van der Waals surface area contributed by atoms with Gasteiger partial charge in [-0.25, -0.2) is 0 Å². The molecule has 0 spiro atoms. The second kappa shape index (κ2) is 4.04. The molecule has 1 aliphatic heterocycles. The van der Waals surface area contributed by atoms with Crippen LogP contribution in [0.25, 0.3) is 33.2 Å². The van der Waals surface area contributed by atoms with Crippen molar-refractivity contribution < 1.29 is 0 Å². The number of aromatic nitrogens is 2. The van der Waals surface area contributed by atoms with Crippen LogP contribution in [0, 0.1) is 6.92 Å². The van der Waals surface area contributed by atoms with Gasteiger partial charge in [0, 0.05) is 35.4 Å². The van der Waals surface area contributed by atoms with Gasteiger partial charge in [0.05, 0.1) is 11.4 Å². The molecule has 108 valence electrons. The number of hydrogen-bond acceptors (Lipinski definition) is 0. The van der Waals surface area contributed by atoms with Gasteiger partial charge < -0.3 is 9.13 Å². The first kappa shape index (κ1) is 12.1. The van der Waals surface area contributed by atoms with E-state index in [0.29, 0.717) is 0 Å². The lowest BCUT2D eigenvalue weighted by atomic mass is 10.0. The van der Waals surface area contributed by atoms with Crippen molar-refractivity contribution in [3.63, 3.8) is 0 Å². The molecule has 3 heterocycles.